The van der Waals surface area contributed by atoms with Crippen LogP contribution in [0.25, 0.3) is 0 Å². The molecule has 0 aliphatic carbocycles. The van der Waals surface area contributed by atoms with Crippen LogP contribution in [0.15, 0.2) is 66.0 Å². The Labute approximate surface area is 178 Å². The van der Waals surface area contributed by atoms with Gasteiger partial charge in [-0.05, 0) is 22.7 Å². The quantitative estimate of drug-likeness (QED) is 0.425. The number of benzene rings is 2. The van der Waals surface area contributed by atoms with E-state index in [9.17, 15) is 4.79 Å². The number of thiazole rings is 1. The molecule has 0 radical (unpaired) electrons. The van der Waals surface area contributed by atoms with E-state index >= 15 is 0 Å². The molecule has 3 aromatic rings. The van der Waals surface area contributed by atoms with Crippen LogP contribution in [0.2, 0.25) is 0 Å². The smallest absolute Gasteiger partial charge is 0.357 e. The summed E-state index contributed by atoms with van der Waals surface area (Å²) in [6.45, 7) is 8.56. The third-order valence-electron chi connectivity index (χ3n) is 4.49. The fraction of sp³-hybridized carbons (Fsp3) is 0.304. The van der Waals surface area contributed by atoms with E-state index in [1.54, 1.807) is 12.3 Å². The number of aromatic nitrogens is 1. The predicted octanol–water partition coefficient (Wildman–Crippen LogP) is 3.96. The first-order chi connectivity index (χ1) is 13.9. The van der Waals surface area contributed by atoms with E-state index in [2.05, 4.69) is 74.3 Å². The molecule has 0 saturated carbocycles. The molecule has 29 heavy (non-hydrogen) atoms. The molecule has 1 atom stereocenters. The van der Waals surface area contributed by atoms with Crippen molar-refractivity contribution >= 4 is 36.7 Å². The SMILES string of the molecule is CCOC(=O)c1csc(C(O[SiH](c2ccccc2)c2ccccc2)C(C)(C)C)n1. The first-order valence-corrected chi connectivity index (χ1v) is 12.3. The highest BCUT2D eigenvalue weighted by molar-refractivity contribution is 7.10. The van der Waals surface area contributed by atoms with Crippen molar-refractivity contribution in [2.24, 2.45) is 5.41 Å². The van der Waals surface area contributed by atoms with Gasteiger partial charge in [0.1, 0.15) is 11.1 Å². The minimum absolute atomic E-state index is 0.182. The zero-order chi connectivity index (χ0) is 20.9. The van der Waals surface area contributed by atoms with Crippen molar-refractivity contribution < 1.29 is 14.0 Å². The fourth-order valence-electron chi connectivity index (χ4n) is 3.08. The normalized spacial score (nSPS) is 12.7. The first-order valence-electron chi connectivity index (χ1n) is 9.78. The van der Waals surface area contributed by atoms with Crippen LogP contribution in [0, 0.1) is 5.41 Å². The Balaban J connectivity index is 1.97. The summed E-state index contributed by atoms with van der Waals surface area (Å²) in [6, 6.07) is 20.8. The van der Waals surface area contributed by atoms with E-state index in [0.717, 1.165) is 5.01 Å². The van der Waals surface area contributed by atoms with Crippen LogP contribution < -0.4 is 10.4 Å². The van der Waals surface area contributed by atoms with Gasteiger partial charge in [0.15, 0.2) is 5.69 Å². The third kappa shape index (κ3) is 5.41. The number of carbonyl (C=O) groups excluding carboxylic acids is 1. The molecule has 6 heteroatoms. The summed E-state index contributed by atoms with van der Waals surface area (Å²) in [5.74, 6) is -0.387. The van der Waals surface area contributed by atoms with Crippen molar-refractivity contribution in [3.63, 3.8) is 0 Å². The van der Waals surface area contributed by atoms with Gasteiger partial charge in [-0.15, -0.1) is 11.3 Å². The Bertz CT molecular complexity index is 883. The predicted molar refractivity (Wildman–Crippen MR) is 121 cm³/mol. The lowest BCUT2D eigenvalue weighted by Gasteiger charge is -2.33. The van der Waals surface area contributed by atoms with Crippen LogP contribution in [-0.4, -0.2) is 26.6 Å². The number of rotatable bonds is 7. The highest BCUT2D eigenvalue weighted by atomic mass is 32.1. The van der Waals surface area contributed by atoms with Crippen LogP contribution in [0.3, 0.4) is 0 Å². The molecule has 0 aliphatic heterocycles. The molecule has 0 bridgehead atoms. The number of carbonyl (C=O) groups is 1. The van der Waals surface area contributed by atoms with Gasteiger partial charge in [-0.3, -0.25) is 0 Å². The topological polar surface area (TPSA) is 48.4 Å². The molecule has 3 rings (SSSR count). The molecule has 1 aromatic heterocycles. The van der Waals surface area contributed by atoms with Crippen LogP contribution in [0.4, 0.5) is 0 Å². The zero-order valence-corrected chi connectivity index (χ0v) is 19.3. The molecule has 1 heterocycles. The molecule has 4 nitrogen and oxygen atoms in total. The Kier molecular flexibility index (Phi) is 7.00. The standard InChI is InChI=1S/C23H27NO3SSi/c1-5-26-22(25)19-16-28-21(24-19)20(23(2,3)4)27-29(17-12-8-6-9-13-17)18-14-10-7-11-15-18/h6-16,20,29H,5H2,1-4H3. The van der Waals surface area contributed by atoms with E-state index in [1.807, 2.05) is 12.1 Å². The summed E-state index contributed by atoms with van der Waals surface area (Å²) in [5.41, 5.74) is 0.167. The number of hydrogen-bond acceptors (Lipinski definition) is 5. The highest BCUT2D eigenvalue weighted by Crippen LogP contribution is 2.38. The van der Waals surface area contributed by atoms with Gasteiger partial charge in [0.25, 0.3) is 0 Å². The van der Waals surface area contributed by atoms with Gasteiger partial charge in [0, 0.05) is 5.38 Å². The van der Waals surface area contributed by atoms with Crippen LogP contribution in [0.5, 0.6) is 0 Å². The fourth-order valence-corrected chi connectivity index (χ4v) is 6.90. The highest BCUT2D eigenvalue weighted by Gasteiger charge is 2.34. The van der Waals surface area contributed by atoms with Crippen molar-refractivity contribution in [3.05, 3.63) is 76.7 Å². The van der Waals surface area contributed by atoms with Gasteiger partial charge in [0.05, 0.1) is 6.61 Å². The van der Waals surface area contributed by atoms with Crippen LogP contribution >= 0.6 is 11.3 Å². The summed E-state index contributed by atoms with van der Waals surface area (Å²) in [7, 11) is -1.96. The van der Waals surface area contributed by atoms with Gasteiger partial charge >= 0.3 is 5.97 Å². The maximum absolute atomic E-state index is 12.1. The number of nitrogens with zero attached hydrogens (tertiary/aromatic N) is 1. The monoisotopic (exact) mass is 425 g/mol. The van der Waals surface area contributed by atoms with Crippen molar-refractivity contribution in [3.8, 4) is 0 Å². The van der Waals surface area contributed by atoms with Gasteiger partial charge < -0.3 is 9.16 Å². The zero-order valence-electron chi connectivity index (χ0n) is 17.3. The molecule has 0 amide bonds. The molecule has 2 aromatic carbocycles. The molecule has 0 spiro atoms. The van der Waals surface area contributed by atoms with E-state index in [-0.39, 0.29) is 17.5 Å². The van der Waals surface area contributed by atoms with Gasteiger partial charge in [0.2, 0.25) is 9.04 Å². The Hall–Kier alpha value is -2.28. The van der Waals surface area contributed by atoms with E-state index in [1.165, 1.54) is 21.7 Å². The summed E-state index contributed by atoms with van der Waals surface area (Å²) in [4.78, 5) is 16.7. The second-order valence-electron chi connectivity index (χ2n) is 7.88. The molecule has 152 valence electrons. The molecule has 0 aliphatic rings. The summed E-state index contributed by atoms with van der Waals surface area (Å²) >= 11 is 1.46. The lowest BCUT2D eigenvalue weighted by atomic mass is 9.89. The second-order valence-corrected chi connectivity index (χ2v) is 11.1. The minimum atomic E-state index is -1.96. The second kappa shape index (κ2) is 9.48. The molecular weight excluding hydrogens is 398 g/mol. The van der Waals surface area contributed by atoms with E-state index < -0.39 is 9.04 Å². The Morgan fingerprint density at radius 1 is 1.03 bits per heavy atom. The minimum Gasteiger partial charge on any atom is -0.461 e. The average molecular weight is 426 g/mol. The average Bonchev–Trinajstić information content (AvgIpc) is 3.19. The molecule has 0 saturated heterocycles. The summed E-state index contributed by atoms with van der Waals surface area (Å²) in [5, 5.41) is 5.01. The van der Waals surface area contributed by atoms with Gasteiger partial charge in [-0.1, -0.05) is 81.4 Å². The first kappa shape index (κ1) is 21.4. The lowest BCUT2D eigenvalue weighted by Crippen LogP contribution is -2.47. The maximum atomic E-state index is 12.1. The van der Waals surface area contributed by atoms with E-state index in [0.29, 0.717) is 12.3 Å². The molecular formula is C23H27NO3SSi. The Morgan fingerprint density at radius 3 is 2.07 bits per heavy atom. The van der Waals surface area contributed by atoms with Crippen molar-refractivity contribution in [1.29, 1.82) is 0 Å². The lowest BCUT2D eigenvalue weighted by molar-refractivity contribution is 0.0517. The van der Waals surface area contributed by atoms with Crippen LogP contribution in [0.1, 0.15) is 49.3 Å². The molecule has 0 N–H and O–H groups in total. The van der Waals surface area contributed by atoms with Gasteiger partial charge in [-0.2, -0.15) is 0 Å². The van der Waals surface area contributed by atoms with Crippen molar-refractivity contribution in [2.45, 2.75) is 33.8 Å². The summed E-state index contributed by atoms with van der Waals surface area (Å²) in [6.07, 6.45) is -0.229. The third-order valence-corrected chi connectivity index (χ3v) is 7.91. The van der Waals surface area contributed by atoms with Crippen molar-refractivity contribution in [1.82, 2.24) is 4.98 Å². The summed E-state index contributed by atoms with van der Waals surface area (Å²) < 4.78 is 12.0. The number of esters is 1. The van der Waals surface area contributed by atoms with Crippen LogP contribution in [-0.2, 0) is 9.16 Å². The van der Waals surface area contributed by atoms with Crippen molar-refractivity contribution in [2.75, 3.05) is 6.61 Å². The molecule has 1 unspecified atom stereocenters. The largest absolute Gasteiger partial charge is 0.461 e. The maximum Gasteiger partial charge on any atom is 0.357 e. The van der Waals surface area contributed by atoms with E-state index in [4.69, 9.17) is 9.16 Å². The number of ether oxygens (including phenoxy) is 1. The number of hydrogen-bond donors (Lipinski definition) is 0. The Morgan fingerprint density at radius 2 is 1.59 bits per heavy atom. The molecule has 0 fully saturated rings. The van der Waals surface area contributed by atoms with Gasteiger partial charge in [-0.25, -0.2) is 9.78 Å².